The minimum Gasteiger partial charge on any atom is -0.350 e. The third-order valence-electron chi connectivity index (χ3n) is 4.12. The number of rotatable bonds is 5. The number of hydrogen-bond donors (Lipinski definition) is 2. The van der Waals surface area contributed by atoms with Crippen LogP contribution in [0.2, 0.25) is 0 Å². The van der Waals surface area contributed by atoms with E-state index in [-0.39, 0.29) is 17.6 Å². The summed E-state index contributed by atoms with van der Waals surface area (Å²) in [6, 6.07) is 9.45. The summed E-state index contributed by atoms with van der Waals surface area (Å²) in [5.74, 6) is -0.148. The molecule has 24 heavy (non-hydrogen) atoms. The van der Waals surface area contributed by atoms with Crippen LogP contribution >= 0.6 is 11.3 Å². The molecule has 0 bridgehead atoms. The van der Waals surface area contributed by atoms with Crippen molar-refractivity contribution >= 4 is 28.3 Å². The van der Waals surface area contributed by atoms with Crippen LogP contribution < -0.4 is 11.0 Å². The number of nitrogens with one attached hydrogen (secondary N) is 2. The molecule has 3 rings (SSSR count). The molecule has 0 spiro atoms. The lowest BCUT2D eigenvalue weighted by Crippen LogP contribution is -2.34. The summed E-state index contributed by atoms with van der Waals surface area (Å²) < 4.78 is 1.52. The quantitative estimate of drug-likeness (QED) is 0.743. The Morgan fingerprint density at radius 3 is 2.83 bits per heavy atom. The summed E-state index contributed by atoms with van der Waals surface area (Å²) >= 11 is 1.68. The lowest BCUT2D eigenvalue weighted by atomic mass is 10.1. The first-order valence-corrected chi connectivity index (χ1v) is 8.52. The van der Waals surface area contributed by atoms with Crippen LogP contribution in [0.25, 0.3) is 11.0 Å². The van der Waals surface area contributed by atoms with Crippen LogP contribution in [0.5, 0.6) is 0 Å². The summed E-state index contributed by atoms with van der Waals surface area (Å²) in [6.45, 7) is 0.524. The molecular weight excluding hydrogens is 324 g/mol. The molecule has 0 radical (unpaired) electrons. The third kappa shape index (κ3) is 3.13. The van der Waals surface area contributed by atoms with Gasteiger partial charge in [-0.25, -0.2) is 4.79 Å². The van der Waals surface area contributed by atoms with Crippen molar-refractivity contribution in [3.05, 3.63) is 56.6 Å². The van der Waals surface area contributed by atoms with Crippen LogP contribution in [0.15, 0.2) is 40.5 Å². The molecule has 7 heteroatoms. The van der Waals surface area contributed by atoms with E-state index in [1.165, 1.54) is 9.44 Å². The molecule has 0 aliphatic heterocycles. The topological polar surface area (TPSA) is 70.1 Å². The van der Waals surface area contributed by atoms with Gasteiger partial charge in [0.1, 0.15) is 0 Å². The molecule has 2 aromatic heterocycles. The van der Waals surface area contributed by atoms with E-state index < -0.39 is 0 Å². The van der Waals surface area contributed by atoms with Crippen LogP contribution in [-0.2, 0) is 7.05 Å². The Balaban J connectivity index is 1.76. The van der Waals surface area contributed by atoms with Gasteiger partial charge in [-0.15, -0.1) is 11.3 Å². The molecule has 2 heterocycles. The molecule has 0 aliphatic carbocycles. The highest BCUT2D eigenvalue weighted by Gasteiger charge is 2.17. The summed E-state index contributed by atoms with van der Waals surface area (Å²) in [6.07, 6.45) is 0. The monoisotopic (exact) mass is 344 g/mol. The van der Waals surface area contributed by atoms with E-state index in [2.05, 4.69) is 21.3 Å². The minimum atomic E-state index is -0.187. The highest BCUT2D eigenvalue weighted by molar-refractivity contribution is 7.10. The van der Waals surface area contributed by atoms with Crippen LogP contribution in [0.1, 0.15) is 21.3 Å². The number of fused-ring (bicyclic) bond motifs is 1. The Bertz CT molecular complexity index is 908. The first kappa shape index (κ1) is 16.5. The third-order valence-corrected chi connectivity index (χ3v) is 5.09. The first-order valence-electron chi connectivity index (χ1n) is 7.64. The number of benzene rings is 1. The van der Waals surface area contributed by atoms with E-state index >= 15 is 0 Å². The lowest BCUT2D eigenvalue weighted by molar-refractivity contribution is 0.0942. The van der Waals surface area contributed by atoms with E-state index in [4.69, 9.17) is 0 Å². The number of likely N-dealkylation sites (N-methyl/N-ethyl adjacent to an activating group) is 1. The number of imidazole rings is 1. The lowest BCUT2D eigenvalue weighted by Gasteiger charge is -2.23. The zero-order valence-electron chi connectivity index (χ0n) is 13.9. The fourth-order valence-corrected chi connectivity index (χ4v) is 3.61. The maximum Gasteiger partial charge on any atom is 0.326 e. The van der Waals surface area contributed by atoms with Gasteiger partial charge in [0.2, 0.25) is 0 Å². The van der Waals surface area contributed by atoms with Crippen molar-refractivity contribution in [2.45, 2.75) is 6.04 Å². The average Bonchev–Trinajstić information content (AvgIpc) is 3.16. The number of thiophene rings is 1. The first-order chi connectivity index (χ1) is 11.5. The van der Waals surface area contributed by atoms with E-state index in [1.54, 1.807) is 36.6 Å². The summed E-state index contributed by atoms with van der Waals surface area (Å²) in [4.78, 5) is 30.1. The Kier molecular flexibility index (Phi) is 4.55. The number of carbonyl (C=O) groups excluding carboxylic acids is 1. The molecule has 6 nitrogen and oxygen atoms in total. The van der Waals surface area contributed by atoms with Crippen LogP contribution in [0.4, 0.5) is 0 Å². The maximum atomic E-state index is 12.5. The van der Waals surface area contributed by atoms with Gasteiger partial charge < -0.3 is 15.2 Å². The molecule has 126 valence electrons. The van der Waals surface area contributed by atoms with E-state index in [0.717, 1.165) is 5.52 Å². The summed E-state index contributed by atoms with van der Waals surface area (Å²) in [5.41, 5.74) is 1.79. The number of aryl methyl sites for hydroxylation is 1. The standard InChI is InChI=1S/C17H20N4O2S/c1-20(2)14(15-5-4-8-24-15)10-18-16(22)11-6-7-13-12(9-11)19-17(23)21(13)3/h4-9,14H,10H2,1-3H3,(H,18,22)(H,19,23). The van der Waals surface area contributed by atoms with Crippen molar-refractivity contribution in [1.82, 2.24) is 19.8 Å². The summed E-state index contributed by atoms with van der Waals surface area (Å²) in [7, 11) is 5.69. The Morgan fingerprint density at radius 2 is 2.17 bits per heavy atom. The largest absolute Gasteiger partial charge is 0.350 e. The number of H-pyrrole nitrogens is 1. The fraction of sp³-hybridized carbons (Fsp3) is 0.294. The number of carbonyl (C=O) groups is 1. The average molecular weight is 344 g/mol. The van der Waals surface area contributed by atoms with E-state index in [0.29, 0.717) is 17.6 Å². The van der Waals surface area contributed by atoms with Crippen molar-refractivity contribution in [1.29, 1.82) is 0 Å². The fourth-order valence-electron chi connectivity index (χ4n) is 2.69. The maximum absolute atomic E-state index is 12.5. The Labute approximate surface area is 143 Å². The zero-order valence-corrected chi connectivity index (χ0v) is 14.7. The normalized spacial score (nSPS) is 12.7. The highest BCUT2D eigenvalue weighted by atomic mass is 32.1. The van der Waals surface area contributed by atoms with Crippen molar-refractivity contribution in [2.75, 3.05) is 20.6 Å². The number of amides is 1. The molecule has 1 aromatic carbocycles. The van der Waals surface area contributed by atoms with Gasteiger partial charge in [0.05, 0.1) is 17.1 Å². The van der Waals surface area contributed by atoms with Gasteiger partial charge in [-0.3, -0.25) is 9.36 Å². The highest BCUT2D eigenvalue weighted by Crippen LogP contribution is 2.22. The van der Waals surface area contributed by atoms with Gasteiger partial charge >= 0.3 is 5.69 Å². The van der Waals surface area contributed by atoms with Crippen molar-refractivity contribution in [3.63, 3.8) is 0 Å². The van der Waals surface area contributed by atoms with Gasteiger partial charge in [0.25, 0.3) is 5.91 Å². The van der Waals surface area contributed by atoms with E-state index in [9.17, 15) is 9.59 Å². The van der Waals surface area contributed by atoms with Gasteiger partial charge in [-0.05, 0) is 43.7 Å². The van der Waals surface area contributed by atoms with Gasteiger partial charge in [-0.2, -0.15) is 0 Å². The number of aromatic nitrogens is 2. The molecule has 1 unspecified atom stereocenters. The van der Waals surface area contributed by atoms with Crippen LogP contribution in [-0.4, -0.2) is 41.0 Å². The molecule has 1 atom stereocenters. The van der Waals surface area contributed by atoms with E-state index in [1.807, 2.05) is 25.5 Å². The number of aromatic amines is 1. The van der Waals surface area contributed by atoms with Crippen LogP contribution in [0.3, 0.4) is 0 Å². The second kappa shape index (κ2) is 6.62. The molecule has 0 aliphatic rings. The Hall–Kier alpha value is -2.38. The predicted octanol–water partition coefficient (Wildman–Crippen LogP) is 1.96. The molecule has 0 fully saturated rings. The second-order valence-corrected chi connectivity index (χ2v) is 6.91. The molecule has 3 aromatic rings. The smallest absolute Gasteiger partial charge is 0.326 e. The zero-order chi connectivity index (χ0) is 17.3. The molecule has 2 N–H and O–H groups in total. The number of hydrogen-bond acceptors (Lipinski definition) is 4. The van der Waals surface area contributed by atoms with Crippen molar-refractivity contribution < 1.29 is 4.79 Å². The second-order valence-electron chi connectivity index (χ2n) is 5.93. The summed E-state index contributed by atoms with van der Waals surface area (Å²) in [5, 5.41) is 5.02. The number of nitrogens with zero attached hydrogens (tertiary/aromatic N) is 2. The molecule has 0 saturated carbocycles. The predicted molar refractivity (Wildman–Crippen MR) is 96.6 cm³/mol. The van der Waals surface area contributed by atoms with Crippen molar-refractivity contribution in [2.24, 2.45) is 7.05 Å². The molecule has 0 saturated heterocycles. The van der Waals surface area contributed by atoms with Gasteiger partial charge in [0.15, 0.2) is 0 Å². The molecular formula is C17H20N4O2S. The van der Waals surface area contributed by atoms with Crippen LogP contribution in [0, 0.1) is 0 Å². The minimum absolute atomic E-state index is 0.134. The van der Waals surface area contributed by atoms with Gasteiger partial charge in [0, 0.05) is 24.0 Å². The SMILES string of the molecule is CN(C)C(CNC(=O)c1ccc2c(c1)[nH]c(=O)n2C)c1cccs1. The van der Waals surface area contributed by atoms with Crippen molar-refractivity contribution in [3.8, 4) is 0 Å². The molecule has 1 amide bonds. The Morgan fingerprint density at radius 1 is 1.38 bits per heavy atom. The van der Waals surface area contributed by atoms with Gasteiger partial charge in [-0.1, -0.05) is 6.07 Å².